The van der Waals surface area contributed by atoms with Crippen LogP contribution in [-0.4, -0.2) is 43.8 Å². The first-order chi connectivity index (χ1) is 13.9. The zero-order valence-electron chi connectivity index (χ0n) is 17.5. The summed E-state index contributed by atoms with van der Waals surface area (Å²) in [6.07, 6.45) is 3.11. The van der Waals surface area contributed by atoms with Gasteiger partial charge >= 0.3 is 0 Å². The van der Waals surface area contributed by atoms with Crippen molar-refractivity contribution < 1.29 is 21.6 Å². The smallest absolute Gasteiger partial charge is 0.232 e. The molecule has 0 aliphatic carbocycles. The van der Waals surface area contributed by atoms with Crippen LogP contribution in [0, 0.1) is 0 Å². The van der Waals surface area contributed by atoms with Crippen molar-refractivity contribution in [3.05, 3.63) is 42.7 Å². The third-order valence-electron chi connectivity index (χ3n) is 4.70. The largest absolute Gasteiger partial charge is 0.495 e. The van der Waals surface area contributed by atoms with Gasteiger partial charge in [0.1, 0.15) is 16.3 Å². The number of fused-ring (bicyclic) bond motifs is 1. The number of ether oxygens (including phenoxy) is 1. The van der Waals surface area contributed by atoms with Gasteiger partial charge in [0.05, 0.1) is 29.5 Å². The highest BCUT2D eigenvalue weighted by Gasteiger charge is 2.34. The molecule has 2 aromatic heterocycles. The number of sulfone groups is 1. The molecule has 3 aromatic rings. The van der Waals surface area contributed by atoms with Crippen molar-refractivity contribution >= 4 is 31.2 Å². The SMILES string of the molecule is CCS(=O)(=O)Nc1cccc(-c2cnc3cc(OC)c(S(=O)(=O)C(C)(C)C)cn23)c1. The highest BCUT2D eigenvalue weighted by molar-refractivity contribution is 7.93. The van der Waals surface area contributed by atoms with Crippen LogP contribution < -0.4 is 9.46 Å². The fraction of sp³-hybridized carbons (Fsp3) is 0.350. The maximum atomic E-state index is 13.1. The van der Waals surface area contributed by atoms with Gasteiger partial charge in [-0.15, -0.1) is 0 Å². The predicted molar refractivity (Wildman–Crippen MR) is 117 cm³/mol. The van der Waals surface area contributed by atoms with Crippen molar-refractivity contribution in [1.82, 2.24) is 9.38 Å². The van der Waals surface area contributed by atoms with Gasteiger partial charge in [-0.25, -0.2) is 21.8 Å². The Morgan fingerprint density at radius 2 is 1.83 bits per heavy atom. The molecule has 0 spiro atoms. The number of pyridine rings is 1. The van der Waals surface area contributed by atoms with Crippen molar-refractivity contribution in [1.29, 1.82) is 0 Å². The first-order valence-corrected chi connectivity index (χ1v) is 12.4. The minimum absolute atomic E-state index is 0.0410. The third kappa shape index (κ3) is 4.01. The van der Waals surface area contributed by atoms with E-state index < -0.39 is 24.6 Å². The van der Waals surface area contributed by atoms with Crippen LogP contribution in [0.5, 0.6) is 5.75 Å². The minimum Gasteiger partial charge on any atom is -0.495 e. The molecule has 162 valence electrons. The molecule has 2 heterocycles. The number of benzene rings is 1. The van der Waals surface area contributed by atoms with E-state index in [4.69, 9.17) is 4.74 Å². The second-order valence-electron chi connectivity index (χ2n) is 7.78. The first-order valence-electron chi connectivity index (χ1n) is 9.30. The summed E-state index contributed by atoms with van der Waals surface area (Å²) in [6.45, 7) is 6.44. The first kappa shape index (κ1) is 22.1. The molecule has 3 rings (SSSR count). The summed E-state index contributed by atoms with van der Waals surface area (Å²) in [4.78, 5) is 4.42. The maximum absolute atomic E-state index is 13.1. The lowest BCUT2D eigenvalue weighted by Gasteiger charge is -2.21. The van der Waals surface area contributed by atoms with Gasteiger partial charge < -0.3 is 4.74 Å². The number of hydrogen-bond acceptors (Lipinski definition) is 6. The summed E-state index contributed by atoms with van der Waals surface area (Å²) in [5.74, 6) is 0.180. The molecule has 0 bridgehead atoms. The number of hydrogen-bond donors (Lipinski definition) is 1. The molecule has 1 N–H and O–H groups in total. The van der Waals surface area contributed by atoms with Gasteiger partial charge in [0.15, 0.2) is 9.84 Å². The van der Waals surface area contributed by atoms with Crippen LogP contribution in [0.4, 0.5) is 5.69 Å². The molecule has 0 fully saturated rings. The van der Waals surface area contributed by atoms with E-state index in [2.05, 4.69) is 9.71 Å². The second-order valence-corrected chi connectivity index (χ2v) is 12.5. The Labute approximate surface area is 176 Å². The van der Waals surface area contributed by atoms with Crippen LogP contribution in [0.1, 0.15) is 27.7 Å². The molecule has 0 saturated heterocycles. The average molecular weight is 452 g/mol. The van der Waals surface area contributed by atoms with Gasteiger partial charge in [0.25, 0.3) is 0 Å². The topological polar surface area (TPSA) is 107 Å². The highest BCUT2D eigenvalue weighted by Crippen LogP contribution is 2.34. The average Bonchev–Trinajstić information content (AvgIpc) is 3.09. The Bertz CT molecular complexity index is 1300. The van der Waals surface area contributed by atoms with Gasteiger partial charge in [-0.3, -0.25) is 9.12 Å². The zero-order chi connectivity index (χ0) is 22.3. The number of imidazole rings is 1. The summed E-state index contributed by atoms with van der Waals surface area (Å²) in [5.41, 5.74) is 2.23. The lowest BCUT2D eigenvalue weighted by molar-refractivity contribution is 0.401. The molecule has 0 saturated carbocycles. The molecule has 30 heavy (non-hydrogen) atoms. The Kier molecular flexibility index (Phi) is 5.59. The van der Waals surface area contributed by atoms with E-state index in [0.717, 1.165) is 0 Å². The normalized spacial score (nSPS) is 12.8. The van der Waals surface area contributed by atoms with Crippen molar-refractivity contribution in [2.45, 2.75) is 37.3 Å². The summed E-state index contributed by atoms with van der Waals surface area (Å²) < 4.78 is 58.5. The van der Waals surface area contributed by atoms with Gasteiger partial charge in [-0.1, -0.05) is 12.1 Å². The van der Waals surface area contributed by atoms with E-state index in [1.807, 2.05) is 0 Å². The lowest BCUT2D eigenvalue weighted by Crippen LogP contribution is -2.28. The predicted octanol–water partition coefficient (Wildman–Crippen LogP) is 3.34. The molecule has 0 atom stereocenters. The minimum atomic E-state index is -3.69. The molecule has 1 aromatic carbocycles. The van der Waals surface area contributed by atoms with E-state index >= 15 is 0 Å². The van der Waals surface area contributed by atoms with Crippen molar-refractivity contribution in [2.75, 3.05) is 17.6 Å². The second kappa shape index (κ2) is 7.59. The summed E-state index contributed by atoms with van der Waals surface area (Å²) in [7, 11) is -5.69. The Balaban J connectivity index is 2.19. The van der Waals surface area contributed by atoms with Crippen LogP contribution in [0.25, 0.3) is 16.9 Å². The number of methoxy groups -OCH3 is 1. The molecule has 8 nitrogen and oxygen atoms in total. The number of rotatable bonds is 6. The molecular formula is C20H25N3O5S2. The van der Waals surface area contributed by atoms with Gasteiger partial charge in [0, 0.05) is 23.5 Å². The van der Waals surface area contributed by atoms with Crippen molar-refractivity contribution in [3.8, 4) is 17.0 Å². The standard InChI is InChI=1S/C20H25N3O5S2/c1-6-29(24,25)22-15-9-7-8-14(10-15)16-12-21-19-11-17(28-5)18(13-23(16)19)30(26,27)20(2,3)4/h7-13,22H,6H2,1-5H3. The van der Waals surface area contributed by atoms with Crippen molar-refractivity contribution in [3.63, 3.8) is 0 Å². The van der Waals surface area contributed by atoms with Gasteiger partial charge in [0.2, 0.25) is 10.0 Å². The van der Waals surface area contributed by atoms with Crippen LogP contribution in [0.2, 0.25) is 0 Å². The summed E-state index contributed by atoms with van der Waals surface area (Å²) in [5, 5.41) is 0. The molecular weight excluding hydrogens is 426 g/mol. The van der Waals surface area contributed by atoms with Crippen LogP contribution in [0.15, 0.2) is 47.6 Å². The third-order valence-corrected chi connectivity index (χ3v) is 8.51. The summed E-state index contributed by atoms with van der Waals surface area (Å²) >= 11 is 0. The summed E-state index contributed by atoms with van der Waals surface area (Å²) in [6, 6.07) is 8.43. The fourth-order valence-electron chi connectivity index (χ4n) is 2.89. The number of aromatic nitrogens is 2. The number of anilines is 1. The number of nitrogens with zero attached hydrogens (tertiary/aromatic N) is 2. The molecule has 0 aliphatic heterocycles. The van der Waals surface area contributed by atoms with Gasteiger partial charge in [-0.05, 0) is 39.8 Å². The van der Waals surface area contributed by atoms with Gasteiger partial charge in [-0.2, -0.15) is 0 Å². The van der Waals surface area contributed by atoms with Crippen LogP contribution in [0.3, 0.4) is 0 Å². The van der Waals surface area contributed by atoms with Crippen LogP contribution >= 0.6 is 0 Å². The number of sulfonamides is 1. The lowest BCUT2D eigenvalue weighted by atomic mass is 10.1. The molecule has 0 unspecified atom stereocenters. The monoisotopic (exact) mass is 451 g/mol. The molecule has 0 amide bonds. The Morgan fingerprint density at radius 1 is 1.13 bits per heavy atom. The van der Waals surface area contributed by atoms with E-state index in [1.165, 1.54) is 13.3 Å². The highest BCUT2D eigenvalue weighted by atomic mass is 32.2. The van der Waals surface area contributed by atoms with E-state index in [-0.39, 0.29) is 16.4 Å². The molecule has 0 radical (unpaired) electrons. The Hall–Kier alpha value is -2.59. The number of nitrogens with one attached hydrogen (secondary N) is 1. The van der Waals surface area contributed by atoms with E-state index in [1.54, 1.807) is 68.6 Å². The quantitative estimate of drug-likeness (QED) is 0.616. The van der Waals surface area contributed by atoms with E-state index in [9.17, 15) is 16.8 Å². The molecule has 0 aliphatic rings. The van der Waals surface area contributed by atoms with Crippen molar-refractivity contribution in [2.24, 2.45) is 0 Å². The molecule has 10 heteroatoms. The fourth-order valence-corrected chi connectivity index (χ4v) is 4.83. The zero-order valence-corrected chi connectivity index (χ0v) is 19.1. The van der Waals surface area contributed by atoms with E-state index in [0.29, 0.717) is 22.6 Å². The van der Waals surface area contributed by atoms with Crippen LogP contribution in [-0.2, 0) is 19.9 Å². The maximum Gasteiger partial charge on any atom is 0.232 e. The Morgan fingerprint density at radius 3 is 2.43 bits per heavy atom.